The second-order valence-electron chi connectivity index (χ2n) is 3.87. The summed E-state index contributed by atoms with van der Waals surface area (Å²) in [5, 5.41) is 3.41. The molecular weight excluding hydrogens is 208 g/mol. The SMILES string of the molecule is CN(C)CCCNc1ccccc1CCl. The summed E-state index contributed by atoms with van der Waals surface area (Å²) in [7, 11) is 4.18. The van der Waals surface area contributed by atoms with Gasteiger partial charge in [-0.3, -0.25) is 0 Å². The molecule has 0 aliphatic heterocycles. The van der Waals surface area contributed by atoms with Gasteiger partial charge in [-0.15, -0.1) is 11.6 Å². The van der Waals surface area contributed by atoms with Gasteiger partial charge in [-0.25, -0.2) is 0 Å². The van der Waals surface area contributed by atoms with Crippen LogP contribution in [-0.4, -0.2) is 32.1 Å². The number of nitrogens with zero attached hydrogens (tertiary/aromatic N) is 1. The average molecular weight is 227 g/mol. The zero-order valence-electron chi connectivity index (χ0n) is 9.46. The molecule has 1 rings (SSSR count). The van der Waals surface area contributed by atoms with E-state index in [4.69, 9.17) is 11.6 Å². The van der Waals surface area contributed by atoms with Gasteiger partial charge in [-0.1, -0.05) is 18.2 Å². The average Bonchev–Trinajstić information content (AvgIpc) is 2.24. The summed E-state index contributed by atoms with van der Waals surface area (Å²) in [6, 6.07) is 8.18. The Morgan fingerprint density at radius 3 is 2.67 bits per heavy atom. The van der Waals surface area contributed by atoms with Crippen LogP contribution in [-0.2, 0) is 5.88 Å². The molecule has 0 amide bonds. The number of halogens is 1. The van der Waals surface area contributed by atoms with Crippen molar-refractivity contribution in [2.24, 2.45) is 0 Å². The highest BCUT2D eigenvalue weighted by molar-refractivity contribution is 6.17. The largest absolute Gasteiger partial charge is 0.385 e. The number of hydrogen-bond donors (Lipinski definition) is 1. The Kier molecular flexibility index (Phi) is 5.51. The van der Waals surface area contributed by atoms with Crippen molar-refractivity contribution in [3.05, 3.63) is 29.8 Å². The topological polar surface area (TPSA) is 15.3 Å². The van der Waals surface area contributed by atoms with Crippen LogP contribution in [0.2, 0.25) is 0 Å². The summed E-state index contributed by atoms with van der Waals surface area (Å²) < 4.78 is 0. The van der Waals surface area contributed by atoms with Gasteiger partial charge in [0.25, 0.3) is 0 Å². The summed E-state index contributed by atoms with van der Waals surface area (Å²) >= 11 is 5.85. The Labute approximate surface area is 97.2 Å². The van der Waals surface area contributed by atoms with Crippen LogP contribution in [0.4, 0.5) is 5.69 Å². The molecule has 0 aromatic heterocycles. The van der Waals surface area contributed by atoms with Gasteiger partial charge in [0.05, 0.1) is 0 Å². The molecule has 0 fully saturated rings. The van der Waals surface area contributed by atoms with Crippen molar-refractivity contribution in [1.82, 2.24) is 4.90 Å². The van der Waals surface area contributed by atoms with Crippen molar-refractivity contribution in [3.8, 4) is 0 Å². The molecule has 1 N–H and O–H groups in total. The second-order valence-corrected chi connectivity index (χ2v) is 4.14. The lowest BCUT2D eigenvalue weighted by atomic mass is 10.2. The summed E-state index contributed by atoms with van der Waals surface area (Å²) in [6.07, 6.45) is 1.14. The maximum absolute atomic E-state index is 5.85. The van der Waals surface area contributed by atoms with E-state index in [0.29, 0.717) is 5.88 Å². The summed E-state index contributed by atoms with van der Waals surface area (Å²) in [4.78, 5) is 2.19. The molecule has 15 heavy (non-hydrogen) atoms. The maximum Gasteiger partial charge on any atom is 0.0494 e. The highest BCUT2D eigenvalue weighted by atomic mass is 35.5. The van der Waals surface area contributed by atoms with Crippen molar-refractivity contribution >= 4 is 17.3 Å². The Bertz CT molecular complexity index is 287. The standard InChI is InChI=1S/C12H19ClN2/c1-15(2)9-5-8-14-12-7-4-3-6-11(12)10-13/h3-4,6-7,14H,5,8-10H2,1-2H3. The normalized spacial score (nSPS) is 10.7. The predicted molar refractivity (Wildman–Crippen MR) is 67.7 cm³/mol. The molecule has 0 radical (unpaired) electrons. The van der Waals surface area contributed by atoms with E-state index in [0.717, 1.165) is 25.2 Å². The fraction of sp³-hybridized carbons (Fsp3) is 0.500. The van der Waals surface area contributed by atoms with E-state index in [9.17, 15) is 0 Å². The van der Waals surface area contributed by atoms with Crippen LogP contribution in [0.3, 0.4) is 0 Å². The van der Waals surface area contributed by atoms with Crippen molar-refractivity contribution < 1.29 is 0 Å². The van der Waals surface area contributed by atoms with Crippen LogP contribution in [0.15, 0.2) is 24.3 Å². The van der Waals surface area contributed by atoms with Gasteiger partial charge in [0.15, 0.2) is 0 Å². The lowest BCUT2D eigenvalue weighted by molar-refractivity contribution is 0.405. The lowest BCUT2D eigenvalue weighted by Gasteiger charge is -2.12. The van der Waals surface area contributed by atoms with Crippen LogP contribution in [0.25, 0.3) is 0 Å². The number of benzene rings is 1. The first-order chi connectivity index (χ1) is 7.24. The van der Waals surface area contributed by atoms with Gasteiger partial charge < -0.3 is 10.2 Å². The lowest BCUT2D eigenvalue weighted by Crippen LogP contribution is -2.16. The van der Waals surface area contributed by atoms with Gasteiger partial charge in [0.1, 0.15) is 0 Å². The van der Waals surface area contributed by atoms with Gasteiger partial charge in [-0.2, -0.15) is 0 Å². The van der Waals surface area contributed by atoms with E-state index in [1.54, 1.807) is 0 Å². The molecule has 1 aromatic carbocycles. The quantitative estimate of drug-likeness (QED) is 0.593. The first-order valence-corrected chi connectivity index (χ1v) is 5.80. The molecule has 0 atom stereocenters. The number of hydrogen-bond acceptors (Lipinski definition) is 2. The monoisotopic (exact) mass is 226 g/mol. The van der Waals surface area contributed by atoms with Crippen molar-refractivity contribution in [1.29, 1.82) is 0 Å². The molecule has 0 aliphatic carbocycles. The van der Waals surface area contributed by atoms with Crippen LogP contribution < -0.4 is 5.32 Å². The third kappa shape index (κ3) is 4.54. The number of rotatable bonds is 6. The smallest absolute Gasteiger partial charge is 0.0494 e. The minimum Gasteiger partial charge on any atom is -0.385 e. The van der Waals surface area contributed by atoms with Crippen LogP contribution in [0.1, 0.15) is 12.0 Å². The summed E-state index contributed by atoms with van der Waals surface area (Å²) in [6.45, 7) is 2.10. The van der Waals surface area contributed by atoms with Crippen molar-refractivity contribution in [2.75, 3.05) is 32.5 Å². The molecule has 0 spiro atoms. The Morgan fingerprint density at radius 2 is 2.00 bits per heavy atom. The highest BCUT2D eigenvalue weighted by Gasteiger charge is 1.98. The first kappa shape index (κ1) is 12.3. The third-order valence-corrected chi connectivity index (χ3v) is 2.55. The van der Waals surface area contributed by atoms with Crippen LogP contribution in [0.5, 0.6) is 0 Å². The molecule has 0 aliphatic rings. The number of alkyl halides is 1. The zero-order valence-corrected chi connectivity index (χ0v) is 10.2. The highest BCUT2D eigenvalue weighted by Crippen LogP contribution is 2.16. The van der Waals surface area contributed by atoms with E-state index in [1.807, 2.05) is 12.1 Å². The molecule has 84 valence electrons. The van der Waals surface area contributed by atoms with Crippen molar-refractivity contribution in [2.45, 2.75) is 12.3 Å². The minimum absolute atomic E-state index is 0.566. The minimum atomic E-state index is 0.566. The summed E-state index contributed by atoms with van der Waals surface area (Å²) in [5.74, 6) is 0.566. The van der Waals surface area contributed by atoms with Gasteiger partial charge in [0.2, 0.25) is 0 Å². The van der Waals surface area contributed by atoms with Gasteiger partial charge in [0, 0.05) is 18.1 Å². The molecule has 2 nitrogen and oxygen atoms in total. The fourth-order valence-electron chi connectivity index (χ4n) is 1.43. The van der Waals surface area contributed by atoms with E-state index in [2.05, 4.69) is 36.4 Å². The Hall–Kier alpha value is -0.730. The van der Waals surface area contributed by atoms with E-state index < -0.39 is 0 Å². The van der Waals surface area contributed by atoms with Crippen LogP contribution in [0, 0.1) is 0 Å². The molecule has 1 aromatic rings. The summed E-state index contributed by atoms with van der Waals surface area (Å²) in [5.41, 5.74) is 2.33. The fourth-order valence-corrected chi connectivity index (χ4v) is 1.66. The van der Waals surface area contributed by atoms with Crippen LogP contribution >= 0.6 is 11.6 Å². The number of anilines is 1. The Morgan fingerprint density at radius 1 is 1.27 bits per heavy atom. The predicted octanol–water partition coefficient (Wildman–Crippen LogP) is 2.79. The molecule has 0 heterocycles. The number of nitrogens with one attached hydrogen (secondary N) is 1. The van der Waals surface area contributed by atoms with Gasteiger partial charge in [-0.05, 0) is 38.7 Å². The van der Waals surface area contributed by atoms with Gasteiger partial charge >= 0.3 is 0 Å². The maximum atomic E-state index is 5.85. The number of para-hydroxylation sites is 1. The van der Waals surface area contributed by atoms with E-state index in [1.165, 1.54) is 5.56 Å². The molecule has 0 bridgehead atoms. The molecule has 0 saturated heterocycles. The Balaban J connectivity index is 2.36. The molecule has 0 saturated carbocycles. The second kappa shape index (κ2) is 6.70. The molecule has 0 unspecified atom stereocenters. The first-order valence-electron chi connectivity index (χ1n) is 5.26. The molecular formula is C12H19ClN2. The third-order valence-electron chi connectivity index (χ3n) is 2.26. The van der Waals surface area contributed by atoms with Crippen molar-refractivity contribution in [3.63, 3.8) is 0 Å². The molecule has 3 heteroatoms. The van der Waals surface area contributed by atoms with E-state index >= 15 is 0 Å². The van der Waals surface area contributed by atoms with E-state index in [-0.39, 0.29) is 0 Å². The zero-order chi connectivity index (χ0) is 11.1.